The summed E-state index contributed by atoms with van der Waals surface area (Å²) < 4.78 is 0. The van der Waals surface area contributed by atoms with Crippen molar-refractivity contribution in [2.24, 2.45) is 5.73 Å². The summed E-state index contributed by atoms with van der Waals surface area (Å²) in [6.45, 7) is 0.799. The van der Waals surface area contributed by atoms with Gasteiger partial charge in [-0.1, -0.05) is 30.3 Å². The lowest BCUT2D eigenvalue weighted by molar-refractivity contribution is 0.674. The molecule has 0 radical (unpaired) electrons. The van der Waals surface area contributed by atoms with Crippen LogP contribution in [0.5, 0.6) is 0 Å². The lowest BCUT2D eigenvalue weighted by Crippen LogP contribution is -2.15. The molecule has 1 aromatic heterocycles. The van der Waals surface area contributed by atoms with Crippen LogP contribution in [0, 0.1) is 0 Å². The van der Waals surface area contributed by atoms with Gasteiger partial charge in [-0.15, -0.1) is 0 Å². The van der Waals surface area contributed by atoms with Gasteiger partial charge in [0.1, 0.15) is 12.1 Å². The van der Waals surface area contributed by atoms with Gasteiger partial charge in [0.05, 0.1) is 0 Å². The molecule has 0 spiro atoms. The highest BCUT2D eigenvalue weighted by atomic mass is 15.0. The Labute approximate surface area is 101 Å². The van der Waals surface area contributed by atoms with Gasteiger partial charge in [-0.2, -0.15) is 0 Å². The second-order valence-electron chi connectivity index (χ2n) is 3.83. The number of rotatable bonds is 5. The maximum Gasteiger partial charge on any atom is 0.129 e. The Balaban J connectivity index is 1.79. The standard InChI is InChI=1S/C13H16N4/c14-12(11-4-2-1-3-5-11)6-9-16-13-7-8-15-10-17-13/h1-5,7-8,10,12H,6,9,14H2,(H,15,16,17). The van der Waals surface area contributed by atoms with Crippen molar-refractivity contribution in [2.45, 2.75) is 12.5 Å². The number of aromatic nitrogens is 2. The third-order valence-electron chi connectivity index (χ3n) is 2.57. The topological polar surface area (TPSA) is 63.8 Å². The lowest BCUT2D eigenvalue weighted by atomic mass is 10.1. The Bertz CT molecular complexity index is 430. The van der Waals surface area contributed by atoms with E-state index in [4.69, 9.17) is 5.73 Å². The number of hydrogen-bond donors (Lipinski definition) is 2. The minimum absolute atomic E-state index is 0.0607. The van der Waals surface area contributed by atoms with Crippen molar-refractivity contribution < 1.29 is 0 Å². The third kappa shape index (κ3) is 3.53. The van der Waals surface area contributed by atoms with E-state index in [0.29, 0.717) is 0 Å². The summed E-state index contributed by atoms with van der Waals surface area (Å²) in [6.07, 6.45) is 4.11. The van der Waals surface area contributed by atoms with Gasteiger partial charge in [0, 0.05) is 18.8 Å². The zero-order valence-corrected chi connectivity index (χ0v) is 9.58. The average molecular weight is 228 g/mol. The first kappa shape index (κ1) is 11.5. The van der Waals surface area contributed by atoms with Crippen molar-refractivity contribution in [3.05, 3.63) is 54.5 Å². The molecule has 0 aliphatic carbocycles. The predicted molar refractivity (Wildman–Crippen MR) is 68.5 cm³/mol. The van der Waals surface area contributed by atoms with Crippen molar-refractivity contribution >= 4 is 5.82 Å². The van der Waals surface area contributed by atoms with Crippen LogP contribution in [-0.2, 0) is 0 Å². The maximum absolute atomic E-state index is 6.09. The SMILES string of the molecule is NC(CCNc1ccncn1)c1ccccc1. The molecule has 0 saturated heterocycles. The van der Waals surface area contributed by atoms with Gasteiger partial charge in [-0.25, -0.2) is 9.97 Å². The largest absolute Gasteiger partial charge is 0.370 e. The highest BCUT2D eigenvalue weighted by Gasteiger charge is 2.04. The Morgan fingerprint density at radius 3 is 2.71 bits per heavy atom. The summed E-state index contributed by atoms with van der Waals surface area (Å²) in [5, 5.41) is 3.21. The first-order valence-corrected chi connectivity index (χ1v) is 5.66. The fraction of sp³-hybridized carbons (Fsp3) is 0.231. The molecule has 88 valence electrons. The van der Waals surface area contributed by atoms with Gasteiger partial charge in [0.15, 0.2) is 0 Å². The monoisotopic (exact) mass is 228 g/mol. The number of nitrogens with two attached hydrogens (primary N) is 1. The molecule has 0 amide bonds. The highest BCUT2D eigenvalue weighted by Crippen LogP contribution is 2.13. The molecule has 2 aromatic rings. The summed E-state index contributed by atoms with van der Waals surface area (Å²) in [4.78, 5) is 7.95. The van der Waals surface area contributed by atoms with Crippen LogP contribution in [0.1, 0.15) is 18.0 Å². The van der Waals surface area contributed by atoms with E-state index >= 15 is 0 Å². The molecule has 1 heterocycles. The van der Waals surface area contributed by atoms with E-state index in [2.05, 4.69) is 27.4 Å². The van der Waals surface area contributed by atoms with E-state index in [0.717, 1.165) is 24.3 Å². The first-order valence-electron chi connectivity index (χ1n) is 5.66. The summed E-state index contributed by atoms with van der Waals surface area (Å²) in [7, 11) is 0. The molecular weight excluding hydrogens is 212 g/mol. The minimum atomic E-state index is 0.0607. The Morgan fingerprint density at radius 1 is 1.18 bits per heavy atom. The van der Waals surface area contributed by atoms with Crippen molar-refractivity contribution in [3.8, 4) is 0 Å². The quantitative estimate of drug-likeness (QED) is 0.821. The van der Waals surface area contributed by atoms with Gasteiger partial charge in [0.2, 0.25) is 0 Å². The van der Waals surface area contributed by atoms with Crippen molar-refractivity contribution in [1.29, 1.82) is 0 Å². The number of nitrogens with zero attached hydrogens (tertiary/aromatic N) is 2. The van der Waals surface area contributed by atoms with Crippen molar-refractivity contribution in [3.63, 3.8) is 0 Å². The molecule has 0 aliphatic heterocycles. The Kier molecular flexibility index (Phi) is 4.05. The van der Waals surface area contributed by atoms with E-state index in [1.54, 1.807) is 6.20 Å². The summed E-state index contributed by atoms with van der Waals surface area (Å²) in [6, 6.07) is 12.0. The van der Waals surface area contributed by atoms with Gasteiger partial charge in [0.25, 0.3) is 0 Å². The van der Waals surface area contributed by atoms with Gasteiger partial charge >= 0.3 is 0 Å². The van der Waals surface area contributed by atoms with Crippen LogP contribution in [0.2, 0.25) is 0 Å². The number of anilines is 1. The Morgan fingerprint density at radius 2 is 2.00 bits per heavy atom. The molecule has 3 N–H and O–H groups in total. The molecule has 4 nitrogen and oxygen atoms in total. The first-order chi connectivity index (χ1) is 8.36. The summed E-state index contributed by atoms with van der Waals surface area (Å²) in [5.41, 5.74) is 7.25. The molecule has 4 heteroatoms. The van der Waals surface area contributed by atoms with Crippen molar-refractivity contribution in [1.82, 2.24) is 9.97 Å². The fourth-order valence-corrected chi connectivity index (χ4v) is 1.62. The normalized spacial score (nSPS) is 12.1. The van der Waals surface area contributed by atoms with Crippen LogP contribution in [0.25, 0.3) is 0 Å². The number of hydrogen-bond acceptors (Lipinski definition) is 4. The molecule has 0 bridgehead atoms. The zero-order chi connectivity index (χ0) is 11.9. The van der Waals surface area contributed by atoms with Crippen LogP contribution in [-0.4, -0.2) is 16.5 Å². The third-order valence-corrected chi connectivity index (χ3v) is 2.57. The van der Waals surface area contributed by atoms with Crippen molar-refractivity contribution in [2.75, 3.05) is 11.9 Å². The average Bonchev–Trinajstić information content (AvgIpc) is 2.41. The molecule has 1 aromatic carbocycles. The van der Waals surface area contributed by atoms with Crippen LogP contribution in [0.3, 0.4) is 0 Å². The van der Waals surface area contributed by atoms with Crippen LogP contribution >= 0.6 is 0 Å². The number of nitrogens with one attached hydrogen (secondary N) is 1. The smallest absolute Gasteiger partial charge is 0.129 e. The molecular formula is C13H16N4. The predicted octanol–water partition coefficient (Wildman–Crippen LogP) is 1.98. The second kappa shape index (κ2) is 5.96. The molecule has 17 heavy (non-hydrogen) atoms. The molecule has 0 saturated carbocycles. The minimum Gasteiger partial charge on any atom is -0.370 e. The summed E-state index contributed by atoms with van der Waals surface area (Å²) in [5.74, 6) is 0.834. The number of benzene rings is 1. The van der Waals surface area contributed by atoms with Gasteiger partial charge in [-0.05, 0) is 18.1 Å². The lowest BCUT2D eigenvalue weighted by Gasteiger charge is -2.12. The van der Waals surface area contributed by atoms with Gasteiger partial charge in [-0.3, -0.25) is 0 Å². The van der Waals surface area contributed by atoms with Crippen LogP contribution < -0.4 is 11.1 Å². The van der Waals surface area contributed by atoms with E-state index in [1.807, 2.05) is 24.3 Å². The molecule has 2 rings (SSSR count). The van der Waals surface area contributed by atoms with E-state index in [9.17, 15) is 0 Å². The molecule has 0 aliphatic rings. The van der Waals surface area contributed by atoms with E-state index < -0.39 is 0 Å². The second-order valence-corrected chi connectivity index (χ2v) is 3.83. The highest BCUT2D eigenvalue weighted by molar-refractivity contribution is 5.31. The molecule has 0 fully saturated rings. The van der Waals surface area contributed by atoms with E-state index in [-0.39, 0.29) is 6.04 Å². The van der Waals surface area contributed by atoms with Crippen LogP contribution in [0.4, 0.5) is 5.82 Å². The Hall–Kier alpha value is -1.94. The summed E-state index contributed by atoms with van der Waals surface area (Å²) >= 11 is 0. The van der Waals surface area contributed by atoms with Crippen LogP contribution in [0.15, 0.2) is 48.9 Å². The van der Waals surface area contributed by atoms with Gasteiger partial charge < -0.3 is 11.1 Å². The zero-order valence-electron chi connectivity index (χ0n) is 9.58. The molecule has 1 atom stereocenters. The fourth-order valence-electron chi connectivity index (χ4n) is 1.62. The maximum atomic E-state index is 6.09. The molecule has 1 unspecified atom stereocenters. The van der Waals surface area contributed by atoms with E-state index in [1.165, 1.54) is 6.33 Å².